The van der Waals surface area contributed by atoms with Crippen molar-refractivity contribution in [2.75, 3.05) is 13.1 Å². The van der Waals surface area contributed by atoms with Gasteiger partial charge in [0.2, 0.25) is 5.91 Å². The molecule has 72 valence electrons. The Hall–Kier alpha value is -1.12. The highest BCUT2D eigenvalue weighted by atomic mass is 16.2. The van der Waals surface area contributed by atoms with Crippen molar-refractivity contribution in [3.05, 3.63) is 11.6 Å². The molecule has 0 aromatic carbocycles. The molecule has 0 unspecified atom stereocenters. The number of likely N-dealkylation sites (tertiary alicyclic amines) is 1. The number of hydrogen-bond donors (Lipinski definition) is 0. The lowest BCUT2D eigenvalue weighted by atomic mass is 10.1. The van der Waals surface area contributed by atoms with Crippen LogP contribution in [-0.4, -0.2) is 29.7 Å². The summed E-state index contributed by atoms with van der Waals surface area (Å²) in [4.78, 5) is 24.2. The fraction of sp³-hybridized carbons (Fsp3) is 0.600. The van der Waals surface area contributed by atoms with Crippen molar-refractivity contribution in [1.29, 1.82) is 0 Å². The molecule has 1 aliphatic rings. The molecule has 1 amide bonds. The third-order valence-electron chi connectivity index (χ3n) is 2.38. The molecule has 0 bridgehead atoms. The van der Waals surface area contributed by atoms with Gasteiger partial charge in [0.1, 0.15) is 5.78 Å². The average molecular weight is 181 g/mol. The number of carbonyl (C=O) groups excluding carboxylic acids is 2. The summed E-state index contributed by atoms with van der Waals surface area (Å²) in [7, 11) is 0. The van der Waals surface area contributed by atoms with Gasteiger partial charge in [-0.1, -0.05) is 6.08 Å². The average Bonchev–Trinajstić information content (AvgIpc) is 2.17. The fourth-order valence-corrected chi connectivity index (χ4v) is 1.33. The van der Waals surface area contributed by atoms with Crippen LogP contribution in [0.2, 0.25) is 0 Å². The predicted molar refractivity (Wildman–Crippen MR) is 50.3 cm³/mol. The van der Waals surface area contributed by atoms with Crippen LogP contribution in [0.4, 0.5) is 0 Å². The van der Waals surface area contributed by atoms with Crippen LogP contribution in [0.3, 0.4) is 0 Å². The number of hydrogen-bond acceptors (Lipinski definition) is 2. The van der Waals surface area contributed by atoms with Crippen molar-refractivity contribution in [2.45, 2.75) is 26.7 Å². The molecule has 1 heterocycles. The van der Waals surface area contributed by atoms with E-state index in [1.165, 1.54) is 0 Å². The Bertz CT molecular complexity index is 246. The van der Waals surface area contributed by atoms with E-state index in [-0.39, 0.29) is 11.7 Å². The van der Waals surface area contributed by atoms with Gasteiger partial charge in [0, 0.05) is 31.5 Å². The largest absolute Gasteiger partial charge is 0.338 e. The molecule has 0 atom stereocenters. The zero-order valence-electron chi connectivity index (χ0n) is 8.17. The van der Waals surface area contributed by atoms with Gasteiger partial charge in [-0.2, -0.15) is 0 Å². The van der Waals surface area contributed by atoms with Crippen molar-refractivity contribution >= 4 is 11.7 Å². The molecular weight excluding hydrogens is 166 g/mol. The quantitative estimate of drug-likeness (QED) is 0.569. The van der Waals surface area contributed by atoms with Gasteiger partial charge in [-0.05, 0) is 13.8 Å². The van der Waals surface area contributed by atoms with Gasteiger partial charge in [0.05, 0.1) is 0 Å². The zero-order chi connectivity index (χ0) is 9.84. The lowest BCUT2D eigenvalue weighted by Gasteiger charge is -2.26. The number of amides is 1. The number of nitrogens with zero attached hydrogens (tertiary/aromatic N) is 1. The maximum absolute atomic E-state index is 11.6. The van der Waals surface area contributed by atoms with Gasteiger partial charge in [-0.15, -0.1) is 0 Å². The molecule has 0 aromatic rings. The monoisotopic (exact) mass is 181 g/mol. The highest BCUT2D eigenvalue weighted by Gasteiger charge is 2.20. The van der Waals surface area contributed by atoms with Crippen molar-refractivity contribution < 1.29 is 9.59 Å². The normalized spacial score (nSPS) is 19.1. The molecule has 1 rings (SSSR count). The third-order valence-corrected chi connectivity index (χ3v) is 2.38. The summed E-state index contributed by atoms with van der Waals surface area (Å²) in [6.07, 6.45) is 2.84. The highest BCUT2D eigenvalue weighted by molar-refractivity contribution is 5.94. The molecule has 0 spiro atoms. The number of Topliss-reactive ketones (excluding diaryl/α,β-unsaturated/α-hetero) is 1. The highest BCUT2D eigenvalue weighted by Crippen LogP contribution is 2.09. The lowest BCUT2D eigenvalue weighted by Crippen LogP contribution is -2.38. The first kappa shape index (κ1) is 9.96. The molecule has 1 fully saturated rings. The Kier molecular flexibility index (Phi) is 3.23. The first-order valence-electron chi connectivity index (χ1n) is 4.59. The topological polar surface area (TPSA) is 37.4 Å². The van der Waals surface area contributed by atoms with Gasteiger partial charge in [0.25, 0.3) is 0 Å². The summed E-state index contributed by atoms with van der Waals surface area (Å²) in [5, 5.41) is 0. The van der Waals surface area contributed by atoms with Crippen LogP contribution in [-0.2, 0) is 9.59 Å². The molecule has 0 aliphatic carbocycles. The van der Waals surface area contributed by atoms with E-state index in [2.05, 4.69) is 0 Å². The maximum Gasteiger partial charge on any atom is 0.249 e. The van der Waals surface area contributed by atoms with Crippen LogP contribution in [0.15, 0.2) is 11.6 Å². The second-order valence-electron chi connectivity index (χ2n) is 3.30. The Morgan fingerprint density at radius 1 is 1.38 bits per heavy atom. The summed E-state index contributed by atoms with van der Waals surface area (Å²) in [6.45, 7) is 4.83. The smallest absolute Gasteiger partial charge is 0.249 e. The van der Waals surface area contributed by atoms with Crippen molar-refractivity contribution in [3.8, 4) is 0 Å². The summed E-state index contributed by atoms with van der Waals surface area (Å²) >= 11 is 0. The number of ketones is 1. The van der Waals surface area contributed by atoms with Crippen molar-refractivity contribution in [3.63, 3.8) is 0 Å². The summed E-state index contributed by atoms with van der Waals surface area (Å²) in [6, 6.07) is 0. The molecule has 13 heavy (non-hydrogen) atoms. The minimum atomic E-state index is 0.0648. The number of carbonyl (C=O) groups is 2. The van der Waals surface area contributed by atoms with Crippen LogP contribution in [0.1, 0.15) is 26.7 Å². The van der Waals surface area contributed by atoms with E-state index in [1.54, 1.807) is 17.9 Å². The molecule has 0 radical (unpaired) electrons. The first-order chi connectivity index (χ1) is 6.15. The standard InChI is InChI=1S/C10H15NO2/c1-3-8(2)10(13)11-6-4-9(12)5-7-11/h3H,4-7H2,1-2H3/b8-3-. The maximum atomic E-state index is 11.6. The molecule has 3 nitrogen and oxygen atoms in total. The van der Waals surface area contributed by atoms with E-state index in [9.17, 15) is 9.59 Å². The Balaban J connectivity index is 2.54. The molecule has 1 aliphatic heterocycles. The van der Waals surface area contributed by atoms with E-state index < -0.39 is 0 Å². The van der Waals surface area contributed by atoms with Gasteiger partial charge in [-0.3, -0.25) is 9.59 Å². The Morgan fingerprint density at radius 3 is 2.38 bits per heavy atom. The third kappa shape index (κ3) is 2.41. The van der Waals surface area contributed by atoms with Gasteiger partial charge in [-0.25, -0.2) is 0 Å². The number of piperidine rings is 1. The van der Waals surface area contributed by atoms with Crippen LogP contribution < -0.4 is 0 Å². The predicted octanol–water partition coefficient (Wildman–Crippen LogP) is 1.14. The fourth-order valence-electron chi connectivity index (χ4n) is 1.33. The zero-order valence-corrected chi connectivity index (χ0v) is 8.17. The Labute approximate surface area is 78.4 Å². The second kappa shape index (κ2) is 4.21. The molecule has 0 aromatic heterocycles. The van der Waals surface area contributed by atoms with E-state index in [4.69, 9.17) is 0 Å². The second-order valence-corrected chi connectivity index (χ2v) is 3.30. The summed E-state index contributed by atoms with van der Waals surface area (Å²) in [5.74, 6) is 0.331. The molecule has 1 saturated heterocycles. The molecule has 3 heteroatoms. The van der Waals surface area contributed by atoms with Crippen LogP contribution in [0, 0.1) is 0 Å². The minimum Gasteiger partial charge on any atom is -0.338 e. The molecule has 0 saturated carbocycles. The summed E-state index contributed by atoms with van der Waals surface area (Å²) < 4.78 is 0. The van der Waals surface area contributed by atoms with E-state index >= 15 is 0 Å². The van der Waals surface area contributed by atoms with Crippen LogP contribution in [0.5, 0.6) is 0 Å². The van der Waals surface area contributed by atoms with Crippen LogP contribution in [0.25, 0.3) is 0 Å². The SMILES string of the molecule is C/C=C(/C)C(=O)N1CCC(=O)CC1. The van der Waals surface area contributed by atoms with Crippen molar-refractivity contribution in [2.24, 2.45) is 0 Å². The van der Waals surface area contributed by atoms with Gasteiger partial charge in [0.15, 0.2) is 0 Å². The van der Waals surface area contributed by atoms with Gasteiger partial charge < -0.3 is 4.90 Å². The minimum absolute atomic E-state index is 0.0648. The number of allylic oxidation sites excluding steroid dienone is 1. The molecular formula is C10H15NO2. The lowest BCUT2D eigenvalue weighted by molar-refractivity contribution is -0.131. The number of rotatable bonds is 1. The van der Waals surface area contributed by atoms with Gasteiger partial charge >= 0.3 is 0 Å². The van der Waals surface area contributed by atoms with E-state index in [1.807, 2.05) is 6.92 Å². The molecule has 0 N–H and O–H groups in total. The Morgan fingerprint density at radius 2 is 1.92 bits per heavy atom. The van der Waals surface area contributed by atoms with Crippen LogP contribution >= 0.6 is 0 Å². The summed E-state index contributed by atoms with van der Waals surface area (Å²) in [5.41, 5.74) is 0.759. The van der Waals surface area contributed by atoms with Crippen molar-refractivity contribution in [1.82, 2.24) is 4.90 Å². The van der Waals surface area contributed by atoms with E-state index in [0.29, 0.717) is 25.9 Å². The first-order valence-corrected chi connectivity index (χ1v) is 4.59. The van der Waals surface area contributed by atoms with E-state index in [0.717, 1.165) is 5.57 Å².